The van der Waals surface area contributed by atoms with Crippen LogP contribution in [0.3, 0.4) is 0 Å². The van der Waals surface area contributed by atoms with Gasteiger partial charge in [-0.15, -0.1) is 5.46 Å². The molecule has 2 aromatic carbocycles. The molecule has 0 radical (unpaired) electrons. The molecule has 2 rings (SSSR count). The van der Waals surface area contributed by atoms with Crippen molar-refractivity contribution in [3.05, 3.63) is 59.4 Å². The van der Waals surface area contributed by atoms with Crippen molar-refractivity contribution in [2.75, 3.05) is 0 Å². The minimum absolute atomic E-state index is 0. The maximum absolute atomic E-state index is 12.7. The predicted molar refractivity (Wildman–Crippen MR) is 70.6 cm³/mol. The van der Waals surface area contributed by atoms with E-state index in [2.05, 4.69) is 0 Å². The van der Waals surface area contributed by atoms with Crippen molar-refractivity contribution >= 4 is 12.4 Å². The van der Waals surface area contributed by atoms with E-state index in [0.29, 0.717) is 11.3 Å². The minimum Gasteiger partial charge on any atom is -0.489 e. The molecular weight excluding hydrogens is 310 g/mol. The van der Waals surface area contributed by atoms with Gasteiger partial charge in [0.15, 0.2) is 0 Å². The summed E-state index contributed by atoms with van der Waals surface area (Å²) in [6, 6.07) is 9.13. The van der Waals surface area contributed by atoms with E-state index in [0.717, 1.165) is 17.7 Å². The molecule has 0 unspecified atom stereocenters. The van der Waals surface area contributed by atoms with Crippen molar-refractivity contribution in [1.82, 2.24) is 0 Å². The summed E-state index contributed by atoms with van der Waals surface area (Å²) in [5.74, 6) is 0.0415. The Kier molecular flexibility index (Phi) is 6.93. The van der Waals surface area contributed by atoms with Crippen LogP contribution in [0.15, 0.2) is 42.5 Å². The molecule has 0 saturated carbocycles. The number of ether oxygens (including phenoxy) is 1. The molecule has 106 valence electrons. The normalized spacial score (nSPS) is 10.9. The smallest absolute Gasteiger partial charge is 0.489 e. The Bertz CT molecular complexity index is 599. The van der Waals surface area contributed by atoms with Crippen LogP contribution in [0.2, 0.25) is 0 Å². The van der Waals surface area contributed by atoms with E-state index in [1.165, 1.54) is 18.2 Å². The Morgan fingerprint density at radius 1 is 1.00 bits per heavy atom. The first-order chi connectivity index (χ1) is 9.36. The summed E-state index contributed by atoms with van der Waals surface area (Å²) in [4.78, 5) is 0. The van der Waals surface area contributed by atoms with Crippen LogP contribution in [0.5, 0.6) is 5.75 Å². The van der Waals surface area contributed by atoms with E-state index in [-0.39, 0.29) is 63.8 Å². The van der Waals surface area contributed by atoms with E-state index >= 15 is 0 Å². The molecule has 2 aromatic rings. The molecule has 1 nitrogen and oxygen atoms in total. The van der Waals surface area contributed by atoms with E-state index in [9.17, 15) is 17.3 Å². The Morgan fingerprint density at radius 2 is 1.62 bits per heavy atom. The molecular formula is C14H12BF4KO. The van der Waals surface area contributed by atoms with Gasteiger partial charge in [-0.25, -0.2) is 4.39 Å². The SMILES string of the molecule is Cc1cc([B-](F)(F)F)ccc1OCc1ccc(F)cc1.[K+]. The van der Waals surface area contributed by atoms with Gasteiger partial charge >= 0.3 is 58.4 Å². The van der Waals surface area contributed by atoms with Crippen LogP contribution in [0.1, 0.15) is 11.1 Å². The summed E-state index contributed by atoms with van der Waals surface area (Å²) in [6.07, 6.45) is 0. The summed E-state index contributed by atoms with van der Waals surface area (Å²) >= 11 is 0. The fraction of sp³-hybridized carbons (Fsp3) is 0.143. The van der Waals surface area contributed by atoms with Gasteiger partial charge in [0.05, 0.1) is 0 Å². The Hall–Kier alpha value is -0.339. The molecule has 0 bridgehead atoms. The third kappa shape index (κ3) is 5.41. The molecule has 21 heavy (non-hydrogen) atoms. The Labute approximate surface area is 163 Å². The first-order valence-electron chi connectivity index (χ1n) is 6.04. The number of rotatable bonds is 4. The van der Waals surface area contributed by atoms with Gasteiger partial charge in [-0.1, -0.05) is 24.3 Å². The molecule has 0 aliphatic heterocycles. The van der Waals surface area contributed by atoms with E-state index in [4.69, 9.17) is 4.74 Å². The van der Waals surface area contributed by atoms with Gasteiger partial charge in [-0.3, -0.25) is 0 Å². The van der Waals surface area contributed by atoms with Crippen LogP contribution in [-0.2, 0) is 6.61 Å². The van der Waals surface area contributed by atoms with E-state index in [1.54, 1.807) is 19.1 Å². The Morgan fingerprint density at radius 3 is 2.14 bits per heavy atom. The van der Waals surface area contributed by atoms with Gasteiger partial charge in [0.1, 0.15) is 18.2 Å². The van der Waals surface area contributed by atoms with Crippen molar-refractivity contribution in [2.45, 2.75) is 13.5 Å². The van der Waals surface area contributed by atoms with Gasteiger partial charge in [-0.2, -0.15) is 0 Å². The molecule has 0 heterocycles. The van der Waals surface area contributed by atoms with Crippen molar-refractivity contribution in [3.63, 3.8) is 0 Å². The van der Waals surface area contributed by atoms with Gasteiger partial charge in [0.2, 0.25) is 0 Å². The maximum Gasteiger partial charge on any atom is 1.00 e. The summed E-state index contributed by atoms with van der Waals surface area (Å²) in [5.41, 5.74) is 0.523. The third-order valence-corrected chi connectivity index (χ3v) is 2.88. The molecule has 0 spiro atoms. The zero-order chi connectivity index (χ0) is 14.8. The van der Waals surface area contributed by atoms with Crippen molar-refractivity contribution in [1.29, 1.82) is 0 Å². The van der Waals surface area contributed by atoms with Crippen molar-refractivity contribution in [3.8, 4) is 5.75 Å². The van der Waals surface area contributed by atoms with Crippen LogP contribution >= 0.6 is 0 Å². The average Bonchev–Trinajstić information content (AvgIpc) is 2.38. The zero-order valence-electron chi connectivity index (χ0n) is 11.7. The second-order valence-electron chi connectivity index (χ2n) is 4.51. The van der Waals surface area contributed by atoms with Gasteiger partial charge in [-0.05, 0) is 36.2 Å². The molecule has 0 fully saturated rings. The van der Waals surface area contributed by atoms with Crippen LogP contribution in [0, 0.1) is 12.7 Å². The number of hydrogen-bond donors (Lipinski definition) is 0. The second kappa shape index (κ2) is 7.78. The molecule has 0 saturated heterocycles. The van der Waals surface area contributed by atoms with Gasteiger partial charge < -0.3 is 17.7 Å². The number of aryl methyl sites for hydroxylation is 1. The van der Waals surface area contributed by atoms with E-state index < -0.39 is 12.4 Å². The molecule has 0 N–H and O–H groups in total. The first kappa shape index (κ1) is 18.7. The molecule has 7 heteroatoms. The summed E-state index contributed by atoms with van der Waals surface area (Å²) in [7, 11) is 0. The van der Waals surface area contributed by atoms with Gasteiger partial charge in [0.25, 0.3) is 0 Å². The van der Waals surface area contributed by atoms with Crippen LogP contribution < -0.4 is 61.6 Å². The standard InChI is InChI=1S/C14H12BF4O.K/c1-10-8-12(15(17,18)19)4-7-14(10)20-9-11-2-5-13(16)6-3-11;/h2-8H,9H2,1H3;/q-1;+1. The van der Waals surface area contributed by atoms with Gasteiger partial charge in [0, 0.05) is 0 Å². The molecule has 0 aromatic heterocycles. The number of halogens is 4. The number of hydrogen-bond acceptors (Lipinski definition) is 1. The van der Waals surface area contributed by atoms with Crippen molar-refractivity contribution in [2.24, 2.45) is 0 Å². The third-order valence-electron chi connectivity index (χ3n) is 2.88. The van der Waals surface area contributed by atoms with Crippen LogP contribution in [0.4, 0.5) is 17.3 Å². The Balaban J connectivity index is 0.00000220. The first-order valence-corrected chi connectivity index (χ1v) is 6.04. The zero-order valence-corrected chi connectivity index (χ0v) is 14.9. The largest absolute Gasteiger partial charge is 1.00 e. The number of benzene rings is 2. The predicted octanol–water partition coefficient (Wildman–Crippen LogP) is 0.772. The second-order valence-corrected chi connectivity index (χ2v) is 4.51. The monoisotopic (exact) mass is 322 g/mol. The topological polar surface area (TPSA) is 9.23 Å². The fourth-order valence-corrected chi connectivity index (χ4v) is 1.78. The quantitative estimate of drug-likeness (QED) is 0.597. The molecule has 0 aliphatic carbocycles. The summed E-state index contributed by atoms with van der Waals surface area (Å²) < 4.78 is 55.9. The summed E-state index contributed by atoms with van der Waals surface area (Å²) in [6.45, 7) is -3.26. The molecule has 0 atom stereocenters. The van der Waals surface area contributed by atoms with Crippen molar-refractivity contribution < 1.29 is 73.5 Å². The van der Waals surface area contributed by atoms with Crippen LogP contribution in [0.25, 0.3) is 0 Å². The minimum atomic E-state index is -5.00. The van der Waals surface area contributed by atoms with E-state index in [1.807, 2.05) is 0 Å². The molecule has 0 aliphatic rings. The average molecular weight is 322 g/mol. The van der Waals surface area contributed by atoms with Crippen LogP contribution in [-0.4, -0.2) is 6.98 Å². The fourth-order valence-electron chi connectivity index (χ4n) is 1.78. The maximum atomic E-state index is 12.7. The summed E-state index contributed by atoms with van der Waals surface area (Å²) in [5, 5.41) is 0. The molecule has 0 amide bonds.